The van der Waals surface area contributed by atoms with Crippen molar-refractivity contribution in [2.24, 2.45) is 0 Å². The van der Waals surface area contributed by atoms with Crippen molar-refractivity contribution < 1.29 is 26.7 Å². The van der Waals surface area contributed by atoms with Gasteiger partial charge in [-0.1, -0.05) is 11.6 Å². The normalized spacial score (nSPS) is 12.5. The third-order valence-electron chi connectivity index (χ3n) is 6.33. The molecule has 0 spiro atoms. The molecule has 218 valence electrons. The first-order valence-electron chi connectivity index (χ1n) is 12.2. The topological polar surface area (TPSA) is 132 Å². The van der Waals surface area contributed by atoms with Crippen molar-refractivity contribution in [2.75, 3.05) is 0 Å². The van der Waals surface area contributed by atoms with Crippen molar-refractivity contribution in [3.63, 3.8) is 0 Å². The van der Waals surface area contributed by atoms with Crippen LogP contribution in [0.3, 0.4) is 0 Å². The van der Waals surface area contributed by atoms with Crippen LogP contribution < -0.4 is 4.73 Å². The summed E-state index contributed by atoms with van der Waals surface area (Å²) in [7, 11) is 0. The molecule has 0 aliphatic carbocycles. The van der Waals surface area contributed by atoms with Crippen LogP contribution in [0.15, 0.2) is 73.8 Å². The highest BCUT2D eigenvalue weighted by Gasteiger charge is 2.35. The van der Waals surface area contributed by atoms with E-state index in [4.69, 9.17) is 11.6 Å². The quantitative estimate of drug-likeness (QED) is 0.149. The second-order valence-corrected chi connectivity index (χ2v) is 9.45. The third-order valence-corrected chi connectivity index (χ3v) is 6.62. The van der Waals surface area contributed by atoms with Crippen molar-refractivity contribution in [1.82, 2.24) is 49.7 Å². The zero-order chi connectivity index (χ0) is 30.3. The predicted molar refractivity (Wildman–Crippen MR) is 137 cm³/mol. The fourth-order valence-corrected chi connectivity index (χ4v) is 4.56. The van der Waals surface area contributed by atoms with Gasteiger partial charge in [0.2, 0.25) is 11.5 Å². The van der Waals surface area contributed by atoms with E-state index in [-0.39, 0.29) is 45.3 Å². The number of benzene rings is 1. The Labute approximate surface area is 242 Å². The van der Waals surface area contributed by atoms with Crippen LogP contribution in [0.5, 0.6) is 0 Å². The fourth-order valence-electron chi connectivity index (χ4n) is 4.40. The maximum absolute atomic E-state index is 15.3. The number of rotatable bonds is 7. The van der Waals surface area contributed by atoms with E-state index in [1.165, 1.54) is 63.1 Å². The molecule has 1 aromatic carbocycles. The summed E-state index contributed by atoms with van der Waals surface area (Å²) in [5.74, 6) is -2.77. The van der Waals surface area contributed by atoms with Crippen LogP contribution in [0.4, 0.5) is 22.0 Å². The molecular formula is C25H15ClF5N11O. The molecule has 0 amide bonds. The van der Waals surface area contributed by atoms with E-state index in [0.717, 1.165) is 24.8 Å². The summed E-state index contributed by atoms with van der Waals surface area (Å²) >= 11 is 6.03. The number of alkyl halides is 3. The van der Waals surface area contributed by atoms with Crippen LogP contribution in [0.1, 0.15) is 17.6 Å². The third kappa shape index (κ3) is 5.49. The maximum Gasteiger partial charge on any atom is 0.451 e. The van der Waals surface area contributed by atoms with E-state index in [1.54, 1.807) is 0 Å². The minimum Gasteiger partial charge on any atom is -0.618 e. The largest absolute Gasteiger partial charge is 0.618 e. The van der Waals surface area contributed by atoms with E-state index in [0.29, 0.717) is 4.73 Å². The molecule has 18 heteroatoms. The zero-order valence-electron chi connectivity index (χ0n) is 21.3. The highest BCUT2D eigenvalue weighted by molar-refractivity contribution is 6.31. The van der Waals surface area contributed by atoms with Crippen molar-refractivity contribution in [3.8, 4) is 28.1 Å². The Morgan fingerprint density at radius 3 is 2.53 bits per heavy atom. The number of hydrogen-bond acceptors (Lipinski definition) is 8. The monoisotopic (exact) mass is 615 g/mol. The number of tetrazole rings is 1. The van der Waals surface area contributed by atoms with E-state index in [9.17, 15) is 22.8 Å². The van der Waals surface area contributed by atoms with Gasteiger partial charge >= 0.3 is 6.18 Å². The predicted octanol–water partition coefficient (Wildman–Crippen LogP) is 4.05. The van der Waals surface area contributed by atoms with E-state index < -0.39 is 29.7 Å². The fraction of sp³-hybridized carbons (Fsp3) is 0.120. The van der Waals surface area contributed by atoms with Gasteiger partial charge < -0.3 is 5.21 Å². The molecule has 12 nitrogen and oxygen atoms in total. The molecule has 5 aromatic heterocycles. The first kappa shape index (κ1) is 27.8. The second kappa shape index (κ2) is 10.8. The molecule has 0 radical (unpaired) electrons. The van der Waals surface area contributed by atoms with Gasteiger partial charge in [-0.3, -0.25) is 9.36 Å². The van der Waals surface area contributed by atoms with Gasteiger partial charge in [0, 0.05) is 24.0 Å². The number of aromatic nitrogens is 11. The minimum atomic E-state index is -4.76. The lowest BCUT2D eigenvalue weighted by molar-refractivity contribution is -0.615. The van der Waals surface area contributed by atoms with Crippen LogP contribution in [-0.2, 0) is 12.7 Å². The molecule has 1 unspecified atom stereocenters. The summed E-state index contributed by atoms with van der Waals surface area (Å²) in [5.41, 5.74) is 0.504. The van der Waals surface area contributed by atoms with Crippen molar-refractivity contribution in [3.05, 3.63) is 107 Å². The summed E-state index contributed by atoms with van der Waals surface area (Å²) in [5, 5.41) is 32.3. The standard InChI is InChI=1S/C25H15ClF5N11O/c26-17-2-4-20(41-13-33-37-38-41)22(23(17)28)14-1-3-19(42(43)10-14)21(12-39-11-16(27)8-34-39)40-9-15(7-35-40)18-5-6-32-24(36-18)25(29,30)31/h1-11,13,21H,12H2. The van der Waals surface area contributed by atoms with Gasteiger partial charge in [0.25, 0.3) is 0 Å². The second-order valence-electron chi connectivity index (χ2n) is 9.05. The molecule has 6 rings (SSSR count). The first-order chi connectivity index (χ1) is 20.6. The first-order valence-corrected chi connectivity index (χ1v) is 12.5. The lowest BCUT2D eigenvalue weighted by atomic mass is 10.0. The van der Waals surface area contributed by atoms with Crippen LogP contribution in [-0.4, -0.2) is 49.7 Å². The Hall–Kier alpha value is -5.32. The molecule has 0 aliphatic rings. The van der Waals surface area contributed by atoms with Crippen LogP contribution in [0.2, 0.25) is 5.02 Å². The summed E-state index contributed by atoms with van der Waals surface area (Å²) in [6.45, 7) is -0.106. The van der Waals surface area contributed by atoms with Gasteiger partial charge in [0.15, 0.2) is 23.9 Å². The van der Waals surface area contributed by atoms with Crippen molar-refractivity contribution in [1.29, 1.82) is 0 Å². The molecule has 0 fully saturated rings. The number of hydrogen-bond donors (Lipinski definition) is 0. The summed E-state index contributed by atoms with van der Waals surface area (Å²) in [4.78, 5) is 6.83. The van der Waals surface area contributed by atoms with Gasteiger partial charge in [-0.15, -0.1) is 5.10 Å². The molecule has 0 saturated heterocycles. The molecule has 6 aromatic rings. The van der Waals surface area contributed by atoms with E-state index >= 15 is 4.39 Å². The SMILES string of the molecule is [O-][n+]1cc(-c2c(-n3cnnn3)ccc(Cl)c2F)ccc1C(Cn1cc(F)cn1)n1cc(-c2ccnc(C(F)(F)F)n2)cn1. The van der Waals surface area contributed by atoms with Gasteiger partial charge in [-0.05, 0) is 34.7 Å². The van der Waals surface area contributed by atoms with Gasteiger partial charge in [0.1, 0.15) is 6.33 Å². The molecule has 0 aliphatic heterocycles. The summed E-state index contributed by atoms with van der Waals surface area (Å²) in [6, 6.07) is 6.00. The average molecular weight is 616 g/mol. The van der Waals surface area contributed by atoms with Crippen LogP contribution in [0, 0.1) is 16.8 Å². The maximum atomic E-state index is 15.3. The van der Waals surface area contributed by atoms with Crippen LogP contribution in [0.25, 0.3) is 28.1 Å². The molecule has 1 atom stereocenters. The Bertz CT molecular complexity index is 1920. The number of nitrogens with zero attached hydrogens (tertiary/aromatic N) is 11. The van der Waals surface area contributed by atoms with Crippen molar-refractivity contribution in [2.45, 2.75) is 18.8 Å². The summed E-state index contributed by atoms with van der Waals surface area (Å²) < 4.78 is 72.7. The molecule has 5 heterocycles. The molecule has 43 heavy (non-hydrogen) atoms. The Balaban J connectivity index is 1.42. The van der Waals surface area contributed by atoms with E-state index in [2.05, 4.69) is 35.7 Å². The minimum absolute atomic E-state index is 0.0488. The van der Waals surface area contributed by atoms with Gasteiger partial charge in [0.05, 0.1) is 52.7 Å². The number of halogens is 6. The molecule has 0 saturated carbocycles. The Morgan fingerprint density at radius 1 is 1.00 bits per heavy atom. The molecular weight excluding hydrogens is 601 g/mol. The number of pyridine rings is 1. The van der Waals surface area contributed by atoms with Gasteiger partial charge in [-0.2, -0.15) is 32.8 Å². The summed E-state index contributed by atoms with van der Waals surface area (Å²) in [6.07, 6.45) is 3.28. The highest BCUT2D eigenvalue weighted by atomic mass is 35.5. The lowest BCUT2D eigenvalue weighted by Crippen LogP contribution is -2.37. The molecule has 0 bridgehead atoms. The Kier molecular flexibility index (Phi) is 7.01. The van der Waals surface area contributed by atoms with E-state index in [1.807, 2.05) is 0 Å². The Morgan fingerprint density at radius 2 is 1.84 bits per heavy atom. The van der Waals surface area contributed by atoms with Gasteiger partial charge in [-0.25, -0.2) is 18.7 Å². The zero-order valence-corrected chi connectivity index (χ0v) is 22.1. The highest BCUT2D eigenvalue weighted by Crippen LogP contribution is 2.34. The van der Waals surface area contributed by atoms with Crippen molar-refractivity contribution >= 4 is 11.6 Å². The lowest BCUT2D eigenvalue weighted by Gasteiger charge is -2.18. The average Bonchev–Trinajstić information content (AvgIpc) is 3.76. The smallest absolute Gasteiger partial charge is 0.451 e. The van der Waals surface area contributed by atoms with Crippen LogP contribution >= 0.6 is 11.6 Å². The molecule has 0 N–H and O–H groups in total.